The van der Waals surface area contributed by atoms with Crippen molar-refractivity contribution in [2.24, 2.45) is 0 Å². The number of carbonyl (C=O) groups excluding carboxylic acids is 2. The maximum atomic E-state index is 12.0. The summed E-state index contributed by atoms with van der Waals surface area (Å²) in [5.41, 5.74) is 2.21. The average Bonchev–Trinajstić information content (AvgIpc) is 2.99. The number of esters is 2. The van der Waals surface area contributed by atoms with Gasteiger partial charge in [-0.3, -0.25) is 0 Å². The van der Waals surface area contributed by atoms with Crippen molar-refractivity contribution in [1.82, 2.24) is 0 Å². The molecule has 0 N–H and O–H groups in total. The van der Waals surface area contributed by atoms with Gasteiger partial charge in [0, 0.05) is 5.92 Å². The normalized spacial score (nSPS) is 19.5. The van der Waals surface area contributed by atoms with Crippen LogP contribution in [-0.2, 0) is 23.8 Å². The highest BCUT2D eigenvalue weighted by Gasteiger charge is 2.38. The van der Waals surface area contributed by atoms with Crippen molar-refractivity contribution < 1.29 is 23.8 Å². The van der Waals surface area contributed by atoms with Gasteiger partial charge in [-0.1, -0.05) is 36.4 Å². The smallest absolute Gasteiger partial charge is 0.373 e. The lowest BCUT2D eigenvalue weighted by atomic mass is 9.90. The molecule has 0 spiro atoms. The summed E-state index contributed by atoms with van der Waals surface area (Å²) in [6.07, 6.45) is 0.969. The van der Waals surface area contributed by atoms with Gasteiger partial charge in [0.2, 0.25) is 5.76 Å². The molecule has 23 heavy (non-hydrogen) atoms. The Hall–Kier alpha value is -2.56. The minimum absolute atomic E-state index is 0.0773. The molecular formula is C18H20O5. The van der Waals surface area contributed by atoms with Gasteiger partial charge in [0.05, 0.1) is 19.3 Å². The van der Waals surface area contributed by atoms with Gasteiger partial charge in [-0.2, -0.15) is 0 Å². The predicted octanol–water partition coefficient (Wildman–Crippen LogP) is 2.65. The second-order valence-electron chi connectivity index (χ2n) is 5.24. The van der Waals surface area contributed by atoms with Gasteiger partial charge in [-0.25, -0.2) is 9.59 Å². The summed E-state index contributed by atoms with van der Waals surface area (Å²) >= 11 is 0. The van der Waals surface area contributed by atoms with Crippen LogP contribution in [0.4, 0.5) is 0 Å². The summed E-state index contributed by atoms with van der Waals surface area (Å²) in [4.78, 5) is 23.7. The van der Waals surface area contributed by atoms with Crippen LogP contribution in [0, 0.1) is 6.92 Å². The molecule has 1 aromatic rings. The molecule has 0 aliphatic carbocycles. The summed E-state index contributed by atoms with van der Waals surface area (Å²) < 4.78 is 15.3. The van der Waals surface area contributed by atoms with E-state index < -0.39 is 18.0 Å². The summed E-state index contributed by atoms with van der Waals surface area (Å²) in [5.74, 6) is -1.34. The molecule has 5 heteroatoms. The van der Waals surface area contributed by atoms with Crippen LogP contribution in [0.15, 0.2) is 48.3 Å². The standard InChI is InChI=1S/C18H20O5/c1-5-22-17(19)12(3)16-14(10-15(23-16)18(20)21-4)13-8-6-11(2)7-9-13/h6-10,14,16H,3,5H2,1-2,4H3/t14-,16-/m1/s1. The molecule has 0 fully saturated rings. The number of carbonyl (C=O) groups is 2. The Morgan fingerprint density at radius 2 is 1.91 bits per heavy atom. The molecule has 2 rings (SSSR count). The average molecular weight is 316 g/mol. The van der Waals surface area contributed by atoms with Crippen LogP contribution in [0.25, 0.3) is 0 Å². The third kappa shape index (κ3) is 3.62. The molecule has 0 unspecified atom stereocenters. The Labute approximate surface area is 135 Å². The maximum Gasteiger partial charge on any atom is 0.373 e. The van der Waals surface area contributed by atoms with Crippen LogP contribution < -0.4 is 0 Å². The first-order chi connectivity index (χ1) is 11.0. The van der Waals surface area contributed by atoms with Crippen molar-refractivity contribution >= 4 is 11.9 Å². The predicted molar refractivity (Wildman–Crippen MR) is 84.7 cm³/mol. The summed E-state index contributed by atoms with van der Waals surface area (Å²) in [6.45, 7) is 7.73. The van der Waals surface area contributed by atoms with Crippen molar-refractivity contribution in [1.29, 1.82) is 0 Å². The number of hydrogen-bond acceptors (Lipinski definition) is 5. The maximum absolute atomic E-state index is 12.0. The fourth-order valence-corrected chi connectivity index (χ4v) is 2.40. The van der Waals surface area contributed by atoms with Crippen molar-refractivity contribution in [3.63, 3.8) is 0 Å². The van der Waals surface area contributed by atoms with E-state index in [0.29, 0.717) is 0 Å². The zero-order chi connectivity index (χ0) is 17.0. The Kier molecular flexibility index (Phi) is 5.21. The molecular weight excluding hydrogens is 296 g/mol. The van der Waals surface area contributed by atoms with E-state index in [1.54, 1.807) is 13.0 Å². The van der Waals surface area contributed by atoms with Crippen LogP contribution in [0.5, 0.6) is 0 Å². The quantitative estimate of drug-likeness (QED) is 0.617. The molecule has 1 heterocycles. The lowest BCUT2D eigenvalue weighted by molar-refractivity contribution is -0.143. The molecule has 2 atom stereocenters. The Morgan fingerprint density at radius 3 is 2.48 bits per heavy atom. The van der Waals surface area contributed by atoms with Crippen LogP contribution in [-0.4, -0.2) is 31.8 Å². The fraction of sp³-hybridized carbons (Fsp3) is 0.333. The SMILES string of the molecule is C=C(C(=O)OCC)[C@H]1OC(C(=O)OC)=C[C@@H]1c1ccc(C)cc1. The minimum Gasteiger partial charge on any atom is -0.477 e. The number of ether oxygens (including phenoxy) is 3. The Bertz CT molecular complexity index is 642. The van der Waals surface area contributed by atoms with Crippen molar-refractivity contribution in [3.05, 3.63) is 59.4 Å². The van der Waals surface area contributed by atoms with Crippen LogP contribution in [0.1, 0.15) is 24.0 Å². The molecule has 0 amide bonds. The molecule has 1 aliphatic heterocycles. The monoisotopic (exact) mass is 316 g/mol. The number of rotatable bonds is 5. The second kappa shape index (κ2) is 7.13. The van der Waals surface area contributed by atoms with Gasteiger partial charge >= 0.3 is 11.9 Å². The molecule has 0 saturated heterocycles. The first kappa shape index (κ1) is 16.8. The highest BCUT2D eigenvalue weighted by atomic mass is 16.6. The molecule has 0 aromatic heterocycles. The first-order valence-electron chi connectivity index (χ1n) is 7.37. The van der Waals surface area contributed by atoms with Gasteiger partial charge in [-0.05, 0) is 25.5 Å². The van der Waals surface area contributed by atoms with E-state index in [0.717, 1.165) is 11.1 Å². The lowest BCUT2D eigenvalue weighted by Gasteiger charge is -2.20. The molecule has 1 aliphatic rings. The van der Waals surface area contributed by atoms with E-state index in [1.807, 2.05) is 31.2 Å². The van der Waals surface area contributed by atoms with Gasteiger partial charge in [-0.15, -0.1) is 0 Å². The van der Waals surface area contributed by atoms with Gasteiger partial charge in [0.15, 0.2) is 0 Å². The second-order valence-corrected chi connectivity index (χ2v) is 5.24. The van der Waals surface area contributed by atoms with E-state index in [-0.39, 0.29) is 23.9 Å². The molecule has 0 radical (unpaired) electrons. The fourth-order valence-electron chi connectivity index (χ4n) is 2.40. The first-order valence-corrected chi connectivity index (χ1v) is 7.37. The topological polar surface area (TPSA) is 61.8 Å². The van der Waals surface area contributed by atoms with E-state index >= 15 is 0 Å². The largest absolute Gasteiger partial charge is 0.477 e. The van der Waals surface area contributed by atoms with Gasteiger partial charge in [0.25, 0.3) is 0 Å². The van der Waals surface area contributed by atoms with Crippen molar-refractivity contribution in [2.75, 3.05) is 13.7 Å². The van der Waals surface area contributed by atoms with E-state index in [1.165, 1.54) is 7.11 Å². The number of aryl methyl sites for hydroxylation is 1. The molecule has 0 bridgehead atoms. The van der Waals surface area contributed by atoms with Crippen LogP contribution >= 0.6 is 0 Å². The minimum atomic E-state index is -0.689. The molecule has 122 valence electrons. The number of hydrogen-bond donors (Lipinski definition) is 0. The molecule has 5 nitrogen and oxygen atoms in total. The third-order valence-electron chi connectivity index (χ3n) is 3.64. The molecule has 0 saturated carbocycles. The third-order valence-corrected chi connectivity index (χ3v) is 3.64. The summed E-state index contributed by atoms with van der Waals surface area (Å²) in [6, 6.07) is 7.80. The van der Waals surface area contributed by atoms with Gasteiger partial charge in [0.1, 0.15) is 6.10 Å². The number of methoxy groups -OCH3 is 1. The van der Waals surface area contributed by atoms with Crippen LogP contribution in [0.3, 0.4) is 0 Å². The Balaban J connectivity index is 2.33. The highest BCUT2D eigenvalue weighted by Crippen LogP contribution is 2.36. The van der Waals surface area contributed by atoms with Crippen LogP contribution in [0.2, 0.25) is 0 Å². The summed E-state index contributed by atoms with van der Waals surface area (Å²) in [5, 5.41) is 0. The van der Waals surface area contributed by atoms with E-state index in [9.17, 15) is 9.59 Å². The van der Waals surface area contributed by atoms with Crippen molar-refractivity contribution in [3.8, 4) is 0 Å². The summed E-state index contributed by atoms with van der Waals surface area (Å²) in [7, 11) is 1.28. The highest BCUT2D eigenvalue weighted by molar-refractivity contribution is 5.91. The molecule has 1 aromatic carbocycles. The zero-order valence-electron chi connectivity index (χ0n) is 13.5. The Morgan fingerprint density at radius 1 is 1.26 bits per heavy atom. The zero-order valence-corrected chi connectivity index (χ0v) is 13.5. The van der Waals surface area contributed by atoms with E-state index in [4.69, 9.17) is 14.2 Å². The number of benzene rings is 1. The van der Waals surface area contributed by atoms with E-state index in [2.05, 4.69) is 6.58 Å². The van der Waals surface area contributed by atoms with Gasteiger partial charge < -0.3 is 14.2 Å². The van der Waals surface area contributed by atoms with Crippen molar-refractivity contribution in [2.45, 2.75) is 25.9 Å². The lowest BCUT2D eigenvalue weighted by Crippen LogP contribution is -2.25.